The van der Waals surface area contributed by atoms with Gasteiger partial charge in [-0.05, 0) is 6.92 Å². The van der Waals surface area contributed by atoms with Crippen molar-refractivity contribution in [2.45, 2.75) is 6.92 Å². The lowest BCUT2D eigenvalue weighted by molar-refractivity contribution is 0.663. The Balaban J connectivity index is 4.23. The van der Waals surface area contributed by atoms with Crippen molar-refractivity contribution in [3.05, 3.63) is 11.5 Å². The van der Waals surface area contributed by atoms with Crippen LogP contribution >= 0.6 is 0 Å². The number of nitrogens with two attached hydrogens (primary N) is 2. The van der Waals surface area contributed by atoms with Crippen molar-refractivity contribution in [3.8, 4) is 0 Å². The van der Waals surface area contributed by atoms with Gasteiger partial charge in [0.25, 0.3) is 0 Å². The Morgan fingerprint density at radius 1 is 1.50 bits per heavy atom. The molecule has 0 amide bonds. The Bertz CT molecular complexity index is 134. The third-order valence-corrected chi connectivity index (χ3v) is 0.583. The van der Waals surface area contributed by atoms with E-state index in [-0.39, 0.29) is 5.70 Å². The van der Waals surface area contributed by atoms with Crippen LogP contribution in [0.4, 0.5) is 4.39 Å². The van der Waals surface area contributed by atoms with E-state index in [0.717, 1.165) is 0 Å². The van der Waals surface area contributed by atoms with Gasteiger partial charge < -0.3 is 11.5 Å². The van der Waals surface area contributed by atoms with E-state index in [1.807, 2.05) is 0 Å². The number of nitrogens with one attached hydrogen (secondary N) is 1. The molecule has 0 aliphatic rings. The maximum atomic E-state index is 12.1. The lowest BCUT2D eigenvalue weighted by atomic mass is 10.4. The molecule has 0 aromatic carbocycles. The molecule has 46 valence electrons. The lowest BCUT2D eigenvalue weighted by Gasteiger charge is -1.92. The normalized spacial score (nSPS) is 12.8. The highest BCUT2D eigenvalue weighted by Gasteiger charge is 1.98. The summed E-state index contributed by atoms with van der Waals surface area (Å²) in [6.45, 7) is 1.34. The van der Waals surface area contributed by atoms with Gasteiger partial charge in [0.2, 0.25) is 0 Å². The summed E-state index contributed by atoms with van der Waals surface area (Å²) >= 11 is 0. The van der Waals surface area contributed by atoms with E-state index in [1.54, 1.807) is 0 Å². The molecule has 0 rings (SSSR count). The highest BCUT2D eigenvalue weighted by molar-refractivity contribution is 5.92. The molecule has 4 heteroatoms. The first kappa shape index (κ1) is 6.94. The van der Waals surface area contributed by atoms with Crippen molar-refractivity contribution < 1.29 is 4.39 Å². The first-order valence-electron chi connectivity index (χ1n) is 2.02. The molecule has 3 nitrogen and oxygen atoms in total. The molecule has 0 heterocycles. The smallest absolute Gasteiger partial charge is 0.182 e. The second-order valence-electron chi connectivity index (χ2n) is 1.41. The van der Waals surface area contributed by atoms with Crippen LogP contribution in [0.15, 0.2) is 11.5 Å². The van der Waals surface area contributed by atoms with Crippen LogP contribution in [0, 0.1) is 5.41 Å². The molecule has 0 aliphatic carbocycles. The van der Waals surface area contributed by atoms with E-state index < -0.39 is 11.7 Å². The second kappa shape index (κ2) is 2.30. The third-order valence-electron chi connectivity index (χ3n) is 0.583. The number of allylic oxidation sites excluding steroid dienone is 1. The molecule has 8 heavy (non-hydrogen) atoms. The molecule has 0 saturated carbocycles. The van der Waals surface area contributed by atoms with E-state index in [9.17, 15) is 4.39 Å². The largest absolute Gasteiger partial charge is 0.400 e. The molecule has 0 saturated heterocycles. The number of halogens is 1. The third kappa shape index (κ3) is 1.59. The minimum atomic E-state index is -0.843. The predicted octanol–water partition coefficient (Wildman–Crippen LogP) is 0.0821. The van der Waals surface area contributed by atoms with Crippen molar-refractivity contribution in [3.63, 3.8) is 0 Å². The SMILES string of the molecule is C/C(N)=C(\F)C(=N)N. The highest BCUT2D eigenvalue weighted by atomic mass is 19.1. The monoisotopic (exact) mass is 117 g/mol. The van der Waals surface area contributed by atoms with Crippen LogP contribution < -0.4 is 11.5 Å². The van der Waals surface area contributed by atoms with Gasteiger partial charge in [-0.15, -0.1) is 0 Å². The fourth-order valence-corrected chi connectivity index (χ4v) is 0.212. The van der Waals surface area contributed by atoms with Crippen LogP contribution in [-0.2, 0) is 0 Å². The Kier molecular flexibility index (Phi) is 1.99. The van der Waals surface area contributed by atoms with Gasteiger partial charge in [0.1, 0.15) is 0 Å². The molecule has 0 unspecified atom stereocenters. The molecular formula is C4H8FN3. The molecule has 0 aromatic heterocycles. The number of rotatable bonds is 1. The number of hydrogen-bond acceptors (Lipinski definition) is 2. The summed E-state index contributed by atoms with van der Waals surface area (Å²) < 4.78 is 12.1. The van der Waals surface area contributed by atoms with Crippen molar-refractivity contribution >= 4 is 5.84 Å². The minimum absolute atomic E-state index is 0.0579. The Morgan fingerprint density at radius 2 is 1.88 bits per heavy atom. The molecule has 0 bridgehead atoms. The lowest BCUT2D eigenvalue weighted by Crippen LogP contribution is -2.13. The van der Waals surface area contributed by atoms with Crippen LogP contribution in [0.5, 0.6) is 0 Å². The average molecular weight is 117 g/mol. The molecule has 0 aromatic rings. The van der Waals surface area contributed by atoms with Gasteiger partial charge in [0.05, 0.1) is 0 Å². The maximum Gasteiger partial charge on any atom is 0.182 e. The van der Waals surface area contributed by atoms with Crippen molar-refractivity contribution in [1.29, 1.82) is 5.41 Å². The highest BCUT2D eigenvalue weighted by Crippen LogP contribution is 1.96. The van der Waals surface area contributed by atoms with Gasteiger partial charge in [0, 0.05) is 5.70 Å². The molecule has 0 aliphatic heterocycles. The summed E-state index contributed by atoms with van der Waals surface area (Å²) in [7, 11) is 0. The minimum Gasteiger partial charge on any atom is -0.400 e. The molecule has 0 radical (unpaired) electrons. The quantitative estimate of drug-likeness (QED) is 0.336. The van der Waals surface area contributed by atoms with Gasteiger partial charge in [-0.3, -0.25) is 5.41 Å². The molecule has 5 N–H and O–H groups in total. The molecular weight excluding hydrogens is 109 g/mol. The first-order valence-corrected chi connectivity index (χ1v) is 2.02. The van der Waals surface area contributed by atoms with Crippen LogP contribution in [0.25, 0.3) is 0 Å². The molecule has 0 atom stereocenters. The molecule has 0 spiro atoms. The van der Waals surface area contributed by atoms with E-state index in [1.165, 1.54) is 6.92 Å². The van der Waals surface area contributed by atoms with Crippen LogP contribution in [0.2, 0.25) is 0 Å². The summed E-state index contributed by atoms with van der Waals surface area (Å²) in [4.78, 5) is 0. The predicted molar refractivity (Wildman–Crippen MR) is 29.9 cm³/mol. The zero-order valence-electron chi connectivity index (χ0n) is 4.53. The van der Waals surface area contributed by atoms with Crippen LogP contribution in [0.3, 0.4) is 0 Å². The van der Waals surface area contributed by atoms with Crippen molar-refractivity contribution in [2.24, 2.45) is 11.5 Å². The van der Waals surface area contributed by atoms with Crippen LogP contribution in [-0.4, -0.2) is 5.84 Å². The topological polar surface area (TPSA) is 75.9 Å². The second-order valence-corrected chi connectivity index (χ2v) is 1.41. The van der Waals surface area contributed by atoms with Gasteiger partial charge in [-0.2, -0.15) is 0 Å². The van der Waals surface area contributed by atoms with Gasteiger partial charge in [0.15, 0.2) is 11.7 Å². The fraction of sp³-hybridized carbons (Fsp3) is 0.250. The Hall–Kier alpha value is -1.06. The van der Waals surface area contributed by atoms with Crippen LogP contribution in [0.1, 0.15) is 6.92 Å². The maximum absolute atomic E-state index is 12.1. The van der Waals surface area contributed by atoms with E-state index in [2.05, 4.69) is 0 Å². The van der Waals surface area contributed by atoms with Gasteiger partial charge in [-0.1, -0.05) is 0 Å². The van der Waals surface area contributed by atoms with Crippen molar-refractivity contribution in [2.75, 3.05) is 0 Å². The summed E-state index contributed by atoms with van der Waals surface area (Å²) in [5, 5.41) is 6.50. The standard InChI is InChI=1S/C4H8FN3/c1-2(6)3(5)4(7)8/h6H2,1H3,(H3,7,8)/b3-2+. The van der Waals surface area contributed by atoms with Gasteiger partial charge in [-0.25, -0.2) is 4.39 Å². The van der Waals surface area contributed by atoms with E-state index in [4.69, 9.17) is 16.9 Å². The van der Waals surface area contributed by atoms with Crippen molar-refractivity contribution in [1.82, 2.24) is 0 Å². The van der Waals surface area contributed by atoms with E-state index >= 15 is 0 Å². The summed E-state index contributed by atoms with van der Waals surface area (Å²) in [5.74, 6) is -1.46. The first-order chi connectivity index (χ1) is 3.55. The summed E-state index contributed by atoms with van der Waals surface area (Å²) in [5.41, 5.74) is 9.57. The zero-order valence-corrected chi connectivity index (χ0v) is 4.53. The number of hydrogen-bond donors (Lipinski definition) is 3. The van der Waals surface area contributed by atoms with Gasteiger partial charge >= 0.3 is 0 Å². The Morgan fingerprint density at radius 3 is 1.88 bits per heavy atom. The summed E-state index contributed by atoms with van der Waals surface area (Å²) in [6, 6.07) is 0. The summed E-state index contributed by atoms with van der Waals surface area (Å²) in [6.07, 6.45) is 0. The average Bonchev–Trinajstić information content (AvgIpc) is 1.64. The van der Waals surface area contributed by atoms with E-state index in [0.29, 0.717) is 0 Å². The fourth-order valence-electron chi connectivity index (χ4n) is 0.212. The molecule has 0 fully saturated rings. The Labute approximate surface area is 46.7 Å². The zero-order chi connectivity index (χ0) is 6.73. The number of amidine groups is 1.